The van der Waals surface area contributed by atoms with E-state index in [0.29, 0.717) is 6.35 Å². The molecular formula is C21H45O2P. The van der Waals surface area contributed by atoms with Gasteiger partial charge in [-0.05, 0) is 19.3 Å². The first-order valence-electron chi connectivity index (χ1n) is 10.8. The van der Waals surface area contributed by atoms with Crippen molar-refractivity contribution in [1.29, 1.82) is 0 Å². The Balaban J connectivity index is 3.93. The molecule has 0 atom stereocenters. The second-order valence-electron chi connectivity index (χ2n) is 7.43. The summed E-state index contributed by atoms with van der Waals surface area (Å²) in [6.07, 6.45) is 19.8. The molecular weight excluding hydrogens is 315 g/mol. The molecule has 0 rings (SSSR count). The maximum atomic E-state index is 13.2. The van der Waals surface area contributed by atoms with Gasteiger partial charge in [0, 0.05) is 18.9 Å². The van der Waals surface area contributed by atoms with Crippen LogP contribution in [0.1, 0.15) is 111 Å². The molecule has 0 fully saturated rings. The van der Waals surface area contributed by atoms with Crippen LogP contribution in [0.25, 0.3) is 0 Å². The molecule has 0 aliphatic rings. The third kappa shape index (κ3) is 15.7. The fraction of sp³-hybridized carbons (Fsp3) is 1.00. The van der Waals surface area contributed by atoms with Crippen LogP contribution in [0, 0.1) is 0 Å². The first-order valence-corrected chi connectivity index (χ1v) is 13.1. The quantitative estimate of drug-likeness (QED) is 0.173. The van der Waals surface area contributed by atoms with Crippen molar-refractivity contribution in [3.05, 3.63) is 0 Å². The van der Waals surface area contributed by atoms with Gasteiger partial charge >= 0.3 is 0 Å². The molecule has 0 aliphatic carbocycles. The van der Waals surface area contributed by atoms with E-state index < -0.39 is 7.14 Å². The van der Waals surface area contributed by atoms with E-state index in [0.717, 1.165) is 38.2 Å². The Morgan fingerprint density at radius 3 is 1.50 bits per heavy atom. The molecule has 0 aromatic heterocycles. The number of hydrogen-bond donors (Lipinski definition) is 0. The van der Waals surface area contributed by atoms with Gasteiger partial charge in [-0.1, -0.05) is 91.4 Å². The molecule has 0 unspecified atom stereocenters. The molecule has 0 aromatic rings. The highest BCUT2D eigenvalue weighted by atomic mass is 31.2. The van der Waals surface area contributed by atoms with E-state index in [-0.39, 0.29) is 0 Å². The summed E-state index contributed by atoms with van der Waals surface area (Å²) in [5, 5.41) is 0. The number of unbranched alkanes of at least 4 members (excludes halogenated alkanes) is 11. The second-order valence-corrected chi connectivity index (χ2v) is 10.7. The van der Waals surface area contributed by atoms with Crippen LogP contribution in [0.2, 0.25) is 0 Å². The van der Waals surface area contributed by atoms with Gasteiger partial charge in [0.15, 0.2) is 0 Å². The van der Waals surface area contributed by atoms with Gasteiger partial charge in [0.05, 0.1) is 6.35 Å². The minimum atomic E-state index is -2.09. The van der Waals surface area contributed by atoms with Crippen molar-refractivity contribution < 1.29 is 9.30 Å². The summed E-state index contributed by atoms with van der Waals surface area (Å²) in [6, 6.07) is 0. The van der Waals surface area contributed by atoms with Gasteiger partial charge in [-0.15, -0.1) is 0 Å². The molecule has 0 heterocycles. The number of rotatable bonds is 19. The zero-order valence-electron chi connectivity index (χ0n) is 17.0. The molecule has 0 saturated heterocycles. The SMILES string of the molecule is CCCCCCCCOCP(=O)(CCCCCC)CCCCCC. The van der Waals surface area contributed by atoms with Crippen molar-refractivity contribution in [2.24, 2.45) is 0 Å². The Morgan fingerprint density at radius 1 is 0.583 bits per heavy atom. The van der Waals surface area contributed by atoms with Crippen LogP contribution in [-0.4, -0.2) is 25.3 Å². The summed E-state index contributed by atoms with van der Waals surface area (Å²) >= 11 is 0. The summed E-state index contributed by atoms with van der Waals surface area (Å²) in [6.45, 7) is 7.52. The van der Waals surface area contributed by atoms with Crippen LogP contribution in [0.15, 0.2) is 0 Å². The fourth-order valence-electron chi connectivity index (χ4n) is 3.11. The Kier molecular flexibility index (Phi) is 18.1. The van der Waals surface area contributed by atoms with Gasteiger partial charge in [0.1, 0.15) is 7.14 Å². The van der Waals surface area contributed by atoms with Crippen LogP contribution in [0.5, 0.6) is 0 Å². The summed E-state index contributed by atoms with van der Waals surface area (Å²) in [7, 11) is -2.09. The summed E-state index contributed by atoms with van der Waals surface area (Å²) < 4.78 is 19.0. The lowest BCUT2D eigenvalue weighted by atomic mass is 10.1. The molecule has 146 valence electrons. The Labute approximate surface area is 152 Å². The molecule has 24 heavy (non-hydrogen) atoms. The minimum Gasteiger partial charge on any atom is -0.374 e. The Morgan fingerprint density at radius 2 is 1.00 bits per heavy atom. The van der Waals surface area contributed by atoms with Crippen LogP contribution in [-0.2, 0) is 9.30 Å². The molecule has 0 amide bonds. The molecule has 2 nitrogen and oxygen atoms in total. The molecule has 0 aliphatic heterocycles. The number of hydrogen-bond acceptors (Lipinski definition) is 2. The zero-order valence-corrected chi connectivity index (χ0v) is 17.9. The predicted octanol–water partition coefficient (Wildman–Crippen LogP) is 7.84. The molecule has 0 radical (unpaired) electrons. The monoisotopic (exact) mass is 360 g/mol. The van der Waals surface area contributed by atoms with Crippen LogP contribution < -0.4 is 0 Å². The lowest BCUT2D eigenvalue weighted by Gasteiger charge is -2.18. The highest BCUT2D eigenvalue weighted by Gasteiger charge is 2.21. The average molecular weight is 361 g/mol. The smallest absolute Gasteiger partial charge is 0.112 e. The average Bonchev–Trinajstić information content (AvgIpc) is 2.58. The topological polar surface area (TPSA) is 26.3 Å². The van der Waals surface area contributed by atoms with E-state index in [2.05, 4.69) is 20.8 Å². The maximum Gasteiger partial charge on any atom is 0.112 e. The lowest BCUT2D eigenvalue weighted by Crippen LogP contribution is -2.05. The molecule has 0 bridgehead atoms. The third-order valence-electron chi connectivity index (χ3n) is 4.81. The molecule has 0 spiro atoms. The van der Waals surface area contributed by atoms with Gasteiger partial charge in [-0.3, -0.25) is 0 Å². The standard InChI is InChI=1S/C21H45O2P/c1-4-7-10-13-14-15-18-23-21-24(22,19-16-11-8-5-2)20-17-12-9-6-3/h4-21H2,1-3H3. The minimum absolute atomic E-state index is 0.542. The van der Waals surface area contributed by atoms with E-state index in [1.54, 1.807) is 0 Å². The van der Waals surface area contributed by atoms with Gasteiger partial charge in [0.25, 0.3) is 0 Å². The summed E-state index contributed by atoms with van der Waals surface area (Å²) in [5.74, 6) is 0. The first kappa shape index (κ1) is 24.2. The molecule has 0 saturated carbocycles. The Bertz CT molecular complexity index is 276. The zero-order chi connectivity index (χ0) is 17.9. The summed E-state index contributed by atoms with van der Waals surface area (Å²) in [4.78, 5) is 0. The van der Waals surface area contributed by atoms with Crippen molar-refractivity contribution in [3.63, 3.8) is 0 Å². The third-order valence-corrected chi connectivity index (χ3v) is 7.72. The van der Waals surface area contributed by atoms with Crippen molar-refractivity contribution in [3.8, 4) is 0 Å². The van der Waals surface area contributed by atoms with Crippen molar-refractivity contribution in [2.75, 3.05) is 25.3 Å². The van der Waals surface area contributed by atoms with Gasteiger partial charge in [0.2, 0.25) is 0 Å². The summed E-state index contributed by atoms with van der Waals surface area (Å²) in [5.41, 5.74) is 0. The highest BCUT2D eigenvalue weighted by Crippen LogP contribution is 2.47. The second kappa shape index (κ2) is 18.0. The first-order chi connectivity index (χ1) is 11.7. The predicted molar refractivity (Wildman–Crippen MR) is 110 cm³/mol. The van der Waals surface area contributed by atoms with Gasteiger partial charge in [-0.25, -0.2) is 0 Å². The van der Waals surface area contributed by atoms with E-state index in [1.165, 1.54) is 70.6 Å². The van der Waals surface area contributed by atoms with Crippen molar-refractivity contribution >= 4 is 7.14 Å². The van der Waals surface area contributed by atoms with Crippen LogP contribution >= 0.6 is 7.14 Å². The Hall–Kier alpha value is 0.190. The lowest BCUT2D eigenvalue weighted by molar-refractivity contribution is 0.169. The fourth-order valence-corrected chi connectivity index (χ4v) is 5.65. The van der Waals surface area contributed by atoms with Gasteiger partial charge in [-0.2, -0.15) is 0 Å². The van der Waals surface area contributed by atoms with E-state index in [4.69, 9.17) is 4.74 Å². The van der Waals surface area contributed by atoms with E-state index >= 15 is 0 Å². The number of ether oxygens (including phenoxy) is 1. The molecule has 0 N–H and O–H groups in total. The van der Waals surface area contributed by atoms with Crippen molar-refractivity contribution in [2.45, 2.75) is 111 Å². The largest absolute Gasteiger partial charge is 0.374 e. The van der Waals surface area contributed by atoms with E-state index in [9.17, 15) is 4.57 Å². The maximum absolute atomic E-state index is 13.2. The van der Waals surface area contributed by atoms with Crippen LogP contribution in [0.4, 0.5) is 0 Å². The molecule has 3 heteroatoms. The van der Waals surface area contributed by atoms with Crippen molar-refractivity contribution in [1.82, 2.24) is 0 Å². The highest BCUT2D eigenvalue weighted by molar-refractivity contribution is 7.63. The van der Waals surface area contributed by atoms with Crippen LogP contribution in [0.3, 0.4) is 0 Å². The van der Waals surface area contributed by atoms with Gasteiger partial charge < -0.3 is 9.30 Å². The molecule has 0 aromatic carbocycles. The van der Waals surface area contributed by atoms with E-state index in [1.807, 2.05) is 0 Å². The normalized spacial score (nSPS) is 12.0.